The Labute approximate surface area is 94.6 Å². The molecule has 16 heavy (non-hydrogen) atoms. The highest BCUT2D eigenvalue weighted by atomic mass is 16.5. The molecule has 4 rings (SSSR count). The molecule has 4 aliphatic rings. The van der Waals surface area contributed by atoms with Crippen LogP contribution in [0, 0.1) is 17.3 Å². The third-order valence-electron chi connectivity index (χ3n) is 4.74. The van der Waals surface area contributed by atoms with Crippen LogP contribution in [0.1, 0.15) is 32.1 Å². The quantitative estimate of drug-likeness (QED) is 0.686. The van der Waals surface area contributed by atoms with Gasteiger partial charge in [-0.25, -0.2) is 0 Å². The summed E-state index contributed by atoms with van der Waals surface area (Å²) in [5.41, 5.74) is -1.03. The predicted octanol–water partition coefficient (Wildman–Crippen LogP) is 0.463. The fourth-order valence-corrected chi connectivity index (χ4v) is 4.39. The first-order valence-corrected chi connectivity index (χ1v) is 6.08. The molecule has 0 amide bonds. The lowest BCUT2D eigenvalue weighted by molar-refractivity contribution is -0.161. The van der Waals surface area contributed by atoms with E-state index >= 15 is 0 Å². The minimum Gasteiger partial charge on any atom is -0.463 e. The second-order valence-corrected chi connectivity index (χ2v) is 5.83. The Hall–Kier alpha value is -0.610. The minimum atomic E-state index is -0.596. The van der Waals surface area contributed by atoms with E-state index in [4.69, 9.17) is 9.84 Å². The summed E-state index contributed by atoms with van der Waals surface area (Å²) in [6.45, 7) is -0.0483. The van der Waals surface area contributed by atoms with Gasteiger partial charge < -0.3 is 14.9 Å². The number of hydrogen-bond acceptors (Lipinski definition) is 4. The van der Waals surface area contributed by atoms with E-state index in [9.17, 15) is 9.90 Å². The fourth-order valence-electron chi connectivity index (χ4n) is 4.39. The average Bonchev–Trinajstić information content (AvgIpc) is 2.57. The number of esters is 1. The van der Waals surface area contributed by atoms with Crippen molar-refractivity contribution >= 4 is 5.97 Å². The van der Waals surface area contributed by atoms with E-state index in [0.29, 0.717) is 18.3 Å². The maximum absolute atomic E-state index is 12.0. The van der Waals surface area contributed by atoms with Gasteiger partial charge >= 0.3 is 5.97 Å². The lowest BCUT2D eigenvalue weighted by Gasteiger charge is -2.37. The molecule has 4 saturated carbocycles. The van der Waals surface area contributed by atoms with Crippen LogP contribution < -0.4 is 0 Å². The van der Waals surface area contributed by atoms with Gasteiger partial charge in [0.1, 0.15) is 6.61 Å². The molecule has 0 aromatic carbocycles. The smallest absolute Gasteiger partial charge is 0.312 e. The van der Waals surface area contributed by atoms with Crippen LogP contribution in [0.15, 0.2) is 0 Å². The van der Waals surface area contributed by atoms with Gasteiger partial charge in [0.15, 0.2) is 0 Å². The van der Waals surface area contributed by atoms with Crippen LogP contribution >= 0.6 is 0 Å². The molecule has 4 bridgehead atoms. The predicted molar refractivity (Wildman–Crippen MR) is 55.5 cm³/mol. The number of aliphatic hydroxyl groups is 2. The Morgan fingerprint density at radius 1 is 1.38 bits per heavy atom. The van der Waals surface area contributed by atoms with Gasteiger partial charge in [-0.3, -0.25) is 4.79 Å². The maximum Gasteiger partial charge on any atom is 0.312 e. The molecule has 0 spiro atoms. The summed E-state index contributed by atoms with van der Waals surface area (Å²) in [5, 5.41) is 19.1. The third-order valence-corrected chi connectivity index (χ3v) is 4.74. The van der Waals surface area contributed by atoms with Crippen LogP contribution in [0.3, 0.4) is 0 Å². The molecule has 0 heterocycles. The molecule has 0 saturated heterocycles. The van der Waals surface area contributed by atoms with E-state index in [0.717, 1.165) is 25.7 Å². The summed E-state index contributed by atoms with van der Waals surface area (Å²) < 4.78 is 5.07. The molecular formula is C12H18O4. The Morgan fingerprint density at radius 2 is 2.19 bits per heavy atom. The zero-order chi connectivity index (χ0) is 11.4. The average molecular weight is 226 g/mol. The molecule has 4 unspecified atom stereocenters. The van der Waals surface area contributed by atoms with E-state index in [2.05, 4.69) is 0 Å². The number of carbonyl (C=O) groups excluding carboxylic acids is 1. The molecule has 0 aromatic rings. The monoisotopic (exact) mass is 226 g/mol. The number of rotatable bonds is 3. The van der Waals surface area contributed by atoms with Crippen LogP contribution in [0.25, 0.3) is 0 Å². The van der Waals surface area contributed by atoms with Crippen molar-refractivity contribution in [2.75, 3.05) is 13.2 Å². The van der Waals surface area contributed by atoms with E-state index < -0.39 is 11.0 Å². The largest absolute Gasteiger partial charge is 0.463 e. The molecule has 4 heteroatoms. The summed E-state index contributed by atoms with van der Waals surface area (Å²) in [5.74, 6) is 0.596. The standard InChI is InChI=1S/C12H18O4/c13-1-2-16-10(14)11-4-8-3-9(6-11)12(15,5-8)7-11/h8-9,13,15H,1-7H2. The van der Waals surface area contributed by atoms with Gasteiger partial charge in [-0.2, -0.15) is 0 Å². The lowest BCUT2D eigenvalue weighted by Crippen LogP contribution is -2.40. The highest BCUT2D eigenvalue weighted by Crippen LogP contribution is 2.66. The second kappa shape index (κ2) is 3.20. The Bertz CT molecular complexity index is 329. The van der Waals surface area contributed by atoms with Crippen LogP contribution in [-0.4, -0.2) is 35.0 Å². The van der Waals surface area contributed by atoms with Crippen molar-refractivity contribution in [1.29, 1.82) is 0 Å². The van der Waals surface area contributed by atoms with Crippen molar-refractivity contribution in [3.8, 4) is 0 Å². The zero-order valence-electron chi connectivity index (χ0n) is 9.32. The fraction of sp³-hybridized carbons (Fsp3) is 0.917. The number of aliphatic hydroxyl groups excluding tert-OH is 1. The van der Waals surface area contributed by atoms with Crippen molar-refractivity contribution in [1.82, 2.24) is 0 Å². The van der Waals surface area contributed by atoms with E-state index in [-0.39, 0.29) is 19.2 Å². The molecule has 4 nitrogen and oxygen atoms in total. The normalized spacial score (nSPS) is 48.6. The molecule has 0 aromatic heterocycles. The molecule has 0 radical (unpaired) electrons. The summed E-state index contributed by atoms with van der Waals surface area (Å²) in [4.78, 5) is 12.0. The summed E-state index contributed by atoms with van der Waals surface area (Å²) in [6.07, 6.45) is 4.17. The topological polar surface area (TPSA) is 66.8 Å². The van der Waals surface area contributed by atoms with Gasteiger partial charge in [0.05, 0.1) is 17.6 Å². The number of hydrogen-bond donors (Lipinski definition) is 2. The summed E-state index contributed by atoms with van der Waals surface area (Å²) in [6, 6.07) is 0. The van der Waals surface area contributed by atoms with Crippen molar-refractivity contribution in [3.05, 3.63) is 0 Å². The Morgan fingerprint density at radius 3 is 2.81 bits per heavy atom. The van der Waals surface area contributed by atoms with Gasteiger partial charge in [-0.1, -0.05) is 0 Å². The first-order chi connectivity index (χ1) is 7.58. The number of ether oxygens (including phenoxy) is 1. The van der Waals surface area contributed by atoms with E-state index in [1.165, 1.54) is 0 Å². The first kappa shape index (κ1) is 10.5. The van der Waals surface area contributed by atoms with Crippen LogP contribution in [0.2, 0.25) is 0 Å². The maximum atomic E-state index is 12.0. The van der Waals surface area contributed by atoms with Crippen LogP contribution in [0.5, 0.6) is 0 Å². The van der Waals surface area contributed by atoms with Crippen molar-refractivity contribution in [2.45, 2.75) is 37.7 Å². The van der Waals surface area contributed by atoms with Gasteiger partial charge in [-0.05, 0) is 43.9 Å². The third kappa shape index (κ3) is 1.26. The molecular weight excluding hydrogens is 208 g/mol. The second-order valence-electron chi connectivity index (χ2n) is 5.83. The SMILES string of the molecule is O=C(OCCO)C12CC3CC(C1)C(O)(C3)C2. The zero-order valence-corrected chi connectivity index (χ0v) is 9.32. The van der Waals surface area contributed by atoms with Gasteiger partial charge in [-0.15, -0.1) is 0 Å². The van der Waals surface area contributed by atoms with Crippen LogP contribution in [-0.2, 0) is 9.53 Å². The van der Waals surface area contributed by atoms with Crippen molar-refractivity contribution in [2.24, 2.45) is 17.3 Å². The molecule has 0 aliphatic heterocycles. The van der Waals surface area contributed by atoms with Crippen LogP contribution in [0.4, 0.5) is 0 Å². The highest BCUT2D eigenvalue weighted by Gasteiger charge is 2.66. The minimum absolute atomic E-state index is 0.0777. The molecule has 4 atom stereocenters. The molecule has 4 aliphatic carbocycles. The van der Waals surface area contributed by atoms with Gasteiger partial charge in [0.2, 0.25) is 0 Å². The highest BCUT2D eigenvalue weighted by molar-refractivity contribution is 5.78. The van der Waals surface area contributed by atoms with Crippen molar-refractivity contribution < 1.29 is 19.7 Å². The summed E-state index contributed by atoms with van der Waals surface area (Å²) >= 11 is 0. The van der Waals surface area contributed by atoms with E-state index in [1.807, 2.05) is 0 Å². The lowest BCUT2D eigenvalue weighted by atomic mass is 9.69. The summed E-state index contributed by atoms with van der Waals surface area (Å²) in [7, 11) is 0. The van der Waals surface area contributed by atoms with Gasteiger partial charge in [0, 0.05) is 0 Å². The molecule has 2 N–H and O–H groups in total. The van der Waals surface area contributed by atoms with Gasteiger partial charge in [0.25, 0.3) is 0 Å². The Kier molecular flexibility index (Phi) is 2.11. The van der Waals surface area contributed by atoms with Crippen molar-refractivity contribution in [3.63, 3.8) is 0 Å². The molecule has 4 fully saturated rings. The molecule has 90 valence electrons. The number of carbonyl (C=O) groups is 1. The first-order valence-electron chi connectivity index (χ1n) is 6.08. The van der Waals surface area contributed by atoms with E-state index in [1.54, 1.807) is 0 Å². The Balaban J connectivity index is 1.79.